The Hall–Kier alpha value is -1.72. The minimum Gasteiger partial charge on any atom is -0.416 e. The molecule has 2 rings (SSSR count). The molecule has 0 saturated heterocycles. The lowest BCUT2D eigenvalue weighted by atomic mass is 10.2. The fourth-order valence-electron chi connectivity index (χ4n) is 4.75. The smallest absolute Gasteiger partial charge is 0.200 e. The molecule has 0 fully saturated rings. The van der Waals surface area contributed by atoms with Crippen molar-refractivity contribution in [1.29, 1.82) is 0 Å². The van der Waals surface area contributed by atoms with E-state index in [-0.39, 0.29) is 0 Å². The van der Waals surface area contributed by atoms with Gasteiger partial charge in [-0.2, -0.15) is 0 Å². The van der Waals surface area contributed by atoms with Crippen molar-refractivity contribution in [1.82, 2.24) is 9.97 Å². The maximum atomic E-state index is 6.68. The van der Waals surface area contributed by atoms with Crippen LogP contribution in [0.25, 0.3) is 0 Å². The van der Waals surface area contributed by atoms with Gasteiger partial charge in [-0.1, -0.05) is 53.7 Å². The average molecular weight is 428 g/mol. The number of anilines is 1. The second kappa shape index (κ2) is 12.2. The Morgan fingerprint density at radius 1 is 0.833 bits per heavy atom. The Labute approximate surface area is 185 Å². The second-order valence-corrected chi connectivity index (χ2v) is 14.6. The fourth-order valence-corrected chi connectivity index (χ4v) is 10.2. The van der Waals surface area contributed by atoms with E-state index in [9.17, 15) is 0 Å². The van der Waals surface area contributed by atoms with E-state index in [1.807, 2.05) is 18.3 Å². The average Bonchev–Trinajstić information content (AvgIpc) is 2.71. The Balaban J connectivity index is 1.78. The maximum Gasteiger partial charge on any atom is 0.200 e. The Morgan fingerprint density at radius 2 is 1.50 bits per heavy atom. The molecule has 0 atom stereocenters. The van der Waals surface area contributed by atoms with Gasteiger partial charge in [-0.15, -0.1) is 0 Å². The molecule has 0 spiro atoms. The van der Waals surface area contributed by atoms with Crippen molar-refractivity contribution in [2.75, 3.05) is 18.5 Å². The van der Waals surface area contributed by atoms with Crippen molar-refractivity contribution in [3.05, 3.63) is 54.0 Å². The van der Waals surface area contributed by atoms with E-state index >= 15 is 0 Å². The Kier molecular flexibility index (Phi) is 9.99. The molecule has 166 valence electrons. The number of nitrogens with one attached hydrogen (secondary N) is 1. The van der Waals surface area contributed by atoms with Crippen molar-refractivity contribution in [2.24, 2.45) is 0 Å². The van der Waals surface area contributed by atoms with Crippen LogP contribution in [0.15, 0.2) is 42.6 Å². The van der Waals surface area contributed by atoms with Gasteiger partial charge in [0.15, 0.2) is 8.32 Å². The molecule has 1 N–H and O–H groups in total. The van der Waals surface area contributed by atoms with E-state index in [1.165, 1.54) is 0 Å². The number of pyridine rings is 2. The lowest BCUT2D eigenvalue weighted by Gasteiger charge is -2.42. The molecule has 0 aromatic carbocycles. The van der Waals surface area contributed by atoms with Gasteiger partial charge in [0.1, 0.15) is 5.82 Å². The molecule has 30 heavy (non-hydrogen) atoms. The van der Waals surface area contributed by atoms with Gasteiger partial charge in [0.05, 0.1) is 0 Å². The number of aryl methyl sites for hydroxylation is 2. The van der Waals surface area contributed by atoms with E-state index in [4.69, 9.17) is 9.41 Å². The second-order valence-electron chi connectivity index (χ2n) is 9.14. The first-order valence-electron chi connectivity index (χ1n) is 11.6. The SMILES string of the molecule is CC(C)[Si](OCCCc1cccc(NCCCc2ccccn2)n1)(C(C)C)C(C)C. The van der Waals surface area contributed by atoms with Gasteiger partial charge in [-0.25, -0.2) is 4.98 Å². The molecule has 4 nitrogen and oxygen atoms in total. The standard InChI is InChI=1S/C25H41N3OSi/c1-20(2)30(21(3)4,22(5)6)29-19-11-15-24-13-9-16-25(28-24)27-18-10-14-23-12-7-8-17-26-23/h7-9,12-13,16-17,20-22H,10-11,14-15,18-19H2,1-6H3,(H,27,28). The summed E-state index contributed by atoms with van der Waals surface area (Å²) in [7, 11) is -1.76. The summed E-state index contributed by atoms with van der Waals surface area (Å²) in [6, 6.07) is 12.3. The van der Waals surface area contributed by atoms with Gasteiger partial charge in [0.2, 0.25) is 0 Å². The minimum atomic E-state index is -1.76. The lowest BCUT2D eigenvalue weighted by Crippen LogP contribution is -2.48. The number of aromatic nitrogens is 2. The molecule has 2 aromatic rings. The molecule has 0 aliphatic heterocycles. The van der Waals surface area contributed by atoms with Crippen LogP contribution in [0.2, 0.25) is 16.6 Å². The van der Waals surface area contributed by atoms with Gasteiger partial charge < -0.3 is 9.74 Å². The number of rotatable bonds is 13. The minimum absolute atomic E-state index is 0.634. The molecule has 2 aromatic heterocycles. The highest BCUT2D eigenvalue weighted by Gasteiger charge is 2.44. The van der Waals surface area contributed by atoms with Crippen LogP contribution in [-0.2, 0) is 17.3 Å². The molecule has 0 radical (unpaired) electrons. The summed E-state index contributed by atoms with van der Waals surface area (Å²) in [5, 5.41) is 3.45. The molecule has 0 bridgehead atoms. The van der Waals surface area contributed by atoms with E-state index in [0.29, 0.717) is 16.6 Å². The summed E-state index contributed by atoms with van der Waals surface area (Å²) in [5.41, 5.74) is 4.18. The summed E-state index contributed by atoms with van der Waals surface area (Å²) in [6.45, 7) is 15.8. The number of hydrogen-bond donors (Lipinski definition) is 1. The highest BCUT2D eigenvalue weighted by Crippen LogP contribution is 2.42. The summed E-state index contributed by atoms with van der Waals surface area (Å²) in [5.74, 6) is 0.963. The normalized spacial score (nSPS) is 12.2. The molecule has 2 heterocycles. The third-order valence-electron chi connectivity index (χ3n) is 6.09. The zero-order chi connectivity index (χ0) is 22.0. The number of hydrogen-bond acceptors (Lipinski definition) is 4. The summed E-state index contributed by atoms with van der Waals surface area (Å²) < 4.78 is 6.68. The van der Waals surface area contributed by atoms with E-state index < -0.39 is 8.32 Å². The van der Waals surface area contributed by atoms with Gasteiger partial charge in [-0.05, 0) is 66.6 Å². The topological polar surface area (TPSA) is 47.0 Å². The van der Waals surface area contributed by atoms with E-state index in [0.717, 1.165) is 56.0 Å². The largest absolute Gasteiger partial charge is 0.416 e. The van der Waals surface area contributed by atoms with Crippen LogP contribution in [0.4, 0.5) is 5.82 Å². The molecule has 0 amide bonds. The summed E-state index contributed by atoms with van der Waals surface area (Å²) in [6.07, 6.45) is 5.87. The van der Waals surface area contributed by atoms with E-state index in [1.54, 1.807) is 0 Å². The van der Waals surface area contributed by atoms with Crippen LogP contribution in [-0.4, -0.2) is 31.4 Å². The van der Waals surface area contributed by atoms with Crippen molar-refractivity contribution in [3.8, 4) is 0 Å². The molecular weight excluding hydrogens is 386 g/mol. The first-order chi connectivity index (χ1) is 14.4. The van der Waals surface area contributed by atoms with Gasteiger partial charge >= 0.3 is 0 Å². The summed E-state index contributed by atoms with van der Waals surface area (Å²) >= 11 is 0. The predicted octanol–water partition coefficient (Wildman–Crippen LogP) is 6.65. The maximum absolute atomic E-state index is 6.68. The van der Waals surface area contributed by atoms with Crippen LogP contribution in [0.5, 0.6) is 0 Å². The Morgan fingerprint density at radius 3 is 2.13 bits per heavy atom. The van der Waals surface area contributed by atoms with Crippen LogP contribution in [0.3, 0.4) is 0 Å². The van der Waals surface area contributed by atoms with Gasteiger partial charge in [-0.3, -0.25) is 4.98 Å². The molecule has 0 aliphatic rings. The highest BCUT2D eigenvalue weighted by molar-refractivity contribution is 6.77. The van der Waals surface area contributed by atoms with Crippen molar-refractivity contribution in [3.63, 3.8) is 0 Å². The third-order valence-corrected chi connectivity index (χ3v) is 12.2. The molecule has 0 aliphatic carbocycles. The van der Waals surface area contributed by atoms with Crippen molar-refractivity contribution < 1.29 is 4.43 Å². The highest BCUT2D eigenvalue weighted by atomic mass is 28.4. The Bertz CT molecular complexity index is 712. The first kappa shape index (κ1) is 24.5. The van der Waals surface area contributed by atoms with Crippen LogP contribution in [0, 0.1) is 0 Å². The third kappa shape index (κ3) is 6.91. The molecule has 0 unspecified atom stereocenters. The lowest BCUT2D eigenvalue weighted by molar-refractivity contribution is 0.272. The number of nitrogens with zero attached hydrogens (tertiary/aromatic N) is 2. The van der Waals surface area contributed by atoms with Crippen molar-refractivity contribution in [2.45, 2.75) is 83.8 Å². The van der Waals surface area contributed by atoms with E-state index in [2.05, 4.69) is 76.1 Å². The monoisotopic (exact) mass is 427 g/mol. The molecular formula is C25H41N3OSi. The zero-order valence-electron chi connectivity index (χ0n) is 19.8. The van der Waals surface area contributed by atoms with Crippen molar-refractivity contribution >= 4 is 14.1 Å². The van der Waals surface area contributed by atoms with Gasteiger partial charge in [0.25, 0.3) is 0 Å². The van der Waals surface area contributed by atoms with Crippen LogP contribution in [0.1, 0.15) is 65.8 Å². The van der Waals surface area contributed by atoms with Crippen LogP contribution < -0.4 is 5.32 Å². The quantitative estimate of drug-likeness (QED) is 0.287. The first-order valence-corrected chi connectivity index (χ1v) is 13.7. The fraction of sp³-hybridized carbons (Fsp3) is 0.600. The predicted molar refractivity (Wildman–Crippen MR) is 131 cm³/mol. The summed E-state index contributed by atoms with van der Waals surface area (Å²) in [4.78, 5) is 9.16. The van der Waals surface area contributed by atoms with Crippen LogP contribution >= 0.6 is 0 Å². The molecule has 5 heteroatoms. The zero-order valence-corrected chi connectivity index (χ0v) is 20.8. The van der Waals surface area contributed by atoms with Gasteiger partial charge in [0, 0.05) is 30.7 Å². The molecule has 0 saturated carbocycles.